The van der Waals surface area contributed by atoms with Gasteiger partial charge in [-0.3, -0.25) is 14.5 Å². The van der Waals surface area contributed by atoms with Crippen LogP contribution in [0.5, 0.6) is 5.75 Å². The maximum Gasteiger partial charge on any atom is 0.294 e. The van der Waals surface area contributed by atoms with Crippen LogP contribution in [0.2, 0.25) is 5.02 Å². The molecule has 0 spiro atoms. The van der Waals surface area contributed by atoms with Crippen molar-refractivity contribution in [3.05, 3.63) is 111 Å². The van der Waals surface area contributed by atoms with Gasteiger partial charge in [0, 0.05) is 16.3 Å². The molecule has 2 heterocycles. The fourth-order valence-corrected chi connectivity index (χ4v) is 5.52. The molecule has 1 N–H and O–H groups in total. The van der Waals surface area contributed by atoms with Gasteiger partial charge in [0.15, 0.2) is 5.76 Å². The number of rotatable bonds is 7. The van der Waals surface area contributed by atoms with E-state index in [9.17, 15) is 14.7 Å². The van der Waals surface area contributed by atoms with Crippen LogP contribution in [-0.2, 0) is 4.79 Å². The van der Waals surface area contributed by atoms with Crippen LogP contribution in [0.1, 0.15) is 33.9 Å². The van der Waals surface area contributed by atoms with E-state index in [1.54, 1.807) is 55.5 Å². The quantitative estimate of drug-likeness (QED) is 0.261. The molecule has 8 heteroatoms. The highest BCUT2D eigenvalue weighted by atomic mass is 35.5. The third-order valence-corrected chi connectivity index (χ3v) is 7.55. The van der Waals surface area contributed by atoms with Gasteiger partial charge in [-0.05, 0) is 55.8 Å². The molecule has 1 atom stereocenters. The lowest BCUT2D eigenvalue weighted by Gasteiger charge is -2.27. The molecule has 6 nitrogen and oxygen atoms in total. The Morgan fingerprint density at radius 1 is 1.05 bits per heavy atom. The molecular formula is C29H23ClN2O4S. The number of Topliss-reactive ketones (excluding diaryl/α,β-unsaturated/α-hetero) is 1. The van der Waals surface area contributed by atoms with Crippen molar-refractivity contribution in [2.45, 2.75) is 19.9 Å². The zero-order valence-corrected chi connectivity index (χ0v) is 21.7. The van der Waals surface area contributed by atoms with Crippen LogP contribution in [-0.4, -0.2) is 28.4 Å². The van der Waals surface area contributed by atoms with Gasteiger partial charge in [0.2, 0.25) is 5.78 Å². The van der Waals surface area contributed by atoms with E-state index in [1.165, 1.54) is 16.2 Å². The molecule has 3 aromatic carbocycles. The molecule has 0 saturated carbocycles. The van der Waals surface area contributed by atoms with E-state index in [0.717, 1.165) is 5.56 Å². The molecule has 0 aliphatic carbocycles. The van der Waals surface area contributed by atoms with E-state index in [-0.39, 0.29) is 5.57 Å². The number of aliphatic hydroxyl groups excluding tert-OH is 1. The minimum atomic E-state index is -0.850. The molecule has 0 fully saturated rings. The van der Waals surface area contributed by atoms with E-state index >= 15 is 0 Å². The normalized spacial score (nSPS) is 15.4. The maximum absolute atomic E-state index is 14.0. The Balaban J connectivity index is 1.60. The van der Waals surface area contributed by atoms with Crippen LogP contribution in [0.4, 0.5) is 5.69 Å². The highest BCUT2D eigenvalue weighted by molar-refractivity contribution is 7.17. The number of hydrogen-bond donors (Lipinski definition) is 1. The van der Waals surface area contributed by atoms with Gasteiger partial charge in [-0.1, -0.05) is 54.1 Å². The van der Waals surface area contributed by atoms with E-state index in [1.807, 2.05) is 37.3 Å². The lowest BCUT2D eigenvalue weighted by Crippen LogP contribution is -2.31. The molecular weight excluding hydrogens is 508 g/mol. The Labute approximate surface area is 223 Å². The van der Waals surface area contributed by atoms with Crippen molar-refractivity contribution >= 4 is 40.3 Å². The monoisotopic (exact) mass is 530 g/mol. The number of aromatic nitrogens is 1. The van der Waals surface area contributed by atoms with E-state index < -0.39 is 23.5 Å². The summed E-state index contributed by atoms with van der Waals surface area (Å²) in [5.41, 5.74) is 2.60. The zero-order chi connectivity index (χ0) is 26.1. The summed E-state index contributed by atoms with van der Waals surface area (Å²) in [6.45, 7) is 4.15. The standard InChI is InChI=1S/C29H23ClN2O4S/c1-3-36-22-15-13-21(14-16-22)32-24(18-9-11-20(30)12-10-18)23(26(34)29(32)35)25(33)27-17(2)31-28(37-27)19-7-5-4-6-8-19/h4-16,24,34H,3H2,1-2H3. The van der Waals surface area contributed by atoms with E-state index in [4.69, 9.17) is 16.3 Å². The first-order chi connectivity index (χ1) is 17.9. The Bertz CT molecular complexity index is 1500. The molecule has 0 bridgehead atoms. The molecule has 186 valence electrons. The summed E-state index contributed by atoms with van der Waals surface area (Å²) in [5.74, 6) is -1.01. The lowest BCUT2D eigenvalue weighted by molar-refractivity contribution is -0.117. The number of aliphatic hydroxyl groups is 1. The van der Waals surface area contributed by atoms with Crippen LogP contribution in [0.25, 0.3) is 10.6 Å². The predicted molar refractivity (Wildman–Crippen MR) is 146 cm³/mol. The second-order valence-electron chi connectivity index (χ2n) is 8.45. The Morgan fingerprint density at radius 3 is 2.38 bits per heavy atom. The molecule has 37 heavy (non-hydrogen) atoms. The fourth-order valence-electron chi connectivity index (χ4n) is 4.37. The highest BCUT2D eigenvalue weighted by Gasteiger charge is 2.45. The van der Waals surface area contributed by atoms with Gasteiger partial charge >= 0.3 is 0 Å². The van der Waals surface area contributed by atoms with Gasteiger partial charge in [0.25, 0.3) is 5.91 Å². The average molecular weight is 531 g/mol. The van der Waals surface area contributed by atoms with Crippen molar-refractivity contribution in [3.63, 3.8) is 0 Å². The molecule has 1 aliphatic rings. The van der Waals surface area contributed by atoms with Crippen LogP contribution in [0.15, 0.2) is 90.2 Å². The van der Waals surface area contributed by atoms with Crippen LogP contribution in [0, 0.1) is 6.92 Å². The Kier molecular flexibility index (Phi) is 6.82. The van der Waals surface area contributed by atoms with Gasteiger partial charge in [0.1, 0.15) is 10.8 Å². The summed E-state index contributed by atoms with van der Waals surface area (Å²) in [6, 6.07) is 22.6. The molecule has 5 rings (SSSR count). The third-order valence-electron chi connectivity index (χ3n) is 6.09. The first-order valence-corrected chi connectivity index (χ1v) is 12.9. The van der Waals surface area contributed by atoms with Gasteiger partial charge in [0.05, 0.1) is 28.8 Å². The minimum absolute atomic E-state index is 0.00701. The molecule has 1 amide bonds. The summed E-state index contributed by atoms with van der Waals surface area (Å²) in [7, 11) is 0. The smallest absolute Gasteiger partial charge is 0.294 e. The number of carbonyl (C=O) groups excluding carboxylic acids is 2. The lowest BCUT2D eigenvalue weighted by atomic mass is 9.95. The largest absolute Gasteiger partial charge is 0.503 e. The molecule has 1 unspecified atom stereocenters. The predicted octanol–water partition coefficient (Wildman–Crippen LogP) is 6.95. The van der Waals surface area contributed by atoms with Crippen molar-refractivity contribution < 1.29 is 19.4 Å². The number of aryl methyl sites for hydroxylation is 1. The molecule has 1 aromatic heterocycles. The summed E-state index contributed by atoms with van der Waals surface area (Å²) >= 11 is 7.36. The van der Waals surface area contributed by atoms with Crippen LogP contribution in [0.3, 0.4) is 0 Å². The van der Waals surface area contributed by atoms with Gasteiger partial charge < -0.3 is 9.84 Å². The summed E-state index contributed by atoms with van der Waals surface area (Å²) < 4.78 is 5.53. The van der Waals surface area contributed by atoms with Crippen molar-refractivity contribution in [2.24, 2.45) is 0 Å². The number of anilines is 1. The number of benzene rings is 3. The average Bonchev–Trinajstić information content (AvgIpc) is 3.43. The van der Waals surface area contributed by atoms with Crippen molar-refractivity contribution in [1.29, 1.82) is 0 Å². The fraction of sp³-hybridized carbons (Fsp3) is 0.138. The van der Waals surface area contributed by atoms with Gasteiger partial charge in [-0.15, -0.1) is 11.3 Å². The molecule has 4 aromatic rings. The number of thiazole rings is 1. The first kappa shape index (κ1) is 24.7. The summed E-state index contributed by atoms with van der Waals surface area (Å²) in [5, 5.41) is 12.3. The number of hydrogen-bond acceptors (Lipinski definition) is 6. The Morgan fingerprint density at radius 2 is 1.73 bits per heavy atom. The summed E-state index contributed by atoms with van der Waals surface area (Å²) in [4.78, 5) is 33.8. The second kappa shape index (κ2) is 10.2. The van der Waals surface area contributed by atoms with Crippen molar-refractivity contribution in [3.8, 4) is 16.3 Å². The minimum Gasteiger partial charge on any atom is -0.503 e. The van der Waals surface area contributed by atoms with Crippen molar-refractivity contribution in [2.75, 3.05) is 11.5 Å². The first-order valence-electron chi connectivity index (χ1n) is 11.7. The highest BCUT2D eigenvalue weighted by Crippen LogP contribution is 2.43. The molecule has 1 aliphatic heterocycles. The summed E-state index contributed by atoms with van der Waals surface area (Å²) in [6.07, 6.45) is 0. The van der Waals surface area contributed by atoms with Gasteiger partial charge in [-0.25, -0.2) is 4.98 Å². The van der Waals surface area contributed by atoms with E-state index in [2.05, 4.69) is 4.98 Å². The number of carbonyl (C=O) groups is 2. The van der Waals surface area contributed by atoms with Crippen molar-refractivity contribution in [1.82, 2.24) is 4.98 Å². The SMILES string of the molecule is CCOc1ccc(N2C(=O)C(O)=C(C(=O)c3sc(-c4ccccc4)nc3C)C2c2ccc(Cl)cc2)cc1. The van der Waals surface area contributed by atoms with E-state index in [0.29, 0.717) is 44.2 Å². The number of ether oxygens (including phenoxy) is 1. The van der Waals surface area contributed by atoms with Gasteiger partial charge in [-0.2, -0.15) is 0 Å². The number of ketones is 1. The third kappa shape index (κ3) is 4.63. The number of halogens is 1. The van der Waals surface area contributed by atoms with Crippen LogP contribution < -0.4 is 9.64 Å². The number of nitrogens with zero attached hydrogens (tertiary/aromatic N) is 2. The maximum atomic E-state index is 14.0. The molecule has 0 radical (unpaired) electrons. The van der Waals surface area contributed by atoms with Crippen LogP contribution >= 0.6 is 22.9 Å². The number of amides is 1. The molecule has 0 saturated heterocycles. The zero-order valence-electron chi connectivity index (χ0n) is 20.1. The Hall–Kier alpha value is -3.94. The second-order valence-corrected chi connectivity index (χ2v) is 9.88. The topological polar surface area (TPSA) is 79.7 Å².